The standard InChI is InChI=1S/C5H4ClN2OPS/c6-10(11)8-5-4(9-10)2-1-3-7-5/h1-3H,(H,7,8,11). The molecule has 1 aromatic rings. The van der Waals surface area contributed by atoms with Gasteiger partial charge in [-0.25, -0.2) is 4.98 Å². The first-order chi connectivity index (χ1) is 5.17. The summed E-state index contributed by atoms with van der Waals surface area (Å²) >= 11 is 10.7. The molecule has 2 heterocycles. The van der Waals surface area contributed by atoms with Gasteiger partial charge in [0, 0.05) is 6.20 Å². The van der Waals surface area contributed by atoms with Crippen LogP contribution in [-0.2, 0) is 11.8 Å². The van der Waals surface area contributed by atoms with E-state index in [0.29, 0.717) is 11.6 Å². The van der Waals surface area contributed by atoms with E-state index in [-0.39, 0.29) is 0 Å². The van der Waals surface area contributed by atoms with Gasteiger partial charge >= 0.3 is 0 Å². The second kappa shape index (κ2) is 2.34. The molecule has 0 fully saturated rings. The summed E-state index contributed by atoms with van der Waals surface area (Å²) in [7, 11) is 0. The summed E-state index contributed by atoms with van der Waals surface area (Å²) in [6.07, 6.45) is 1.66. The van der Waals surface area contributed by atoms with Crippen LogP contribution in [0, 0.1) is 0 Å². The Morgan fingerprint density at radius 2 is 2.55 bits per heavy atom. The highest BCUT2D eigenvalue weighted by atomic mass is 35.7. The number of fused-ring (bicyclic) bond motifs is 1. The number of nitrogens with one attached hydrogen (secondary N) is 1. The number of rotatable bonds is 0. The van der Waals surface area contributed by atoms with Gasteiger partial charge in [0.05, 0.1) is 0 Å². The Hall–Kier alpha value is -0.310. The van der Waals surface area contributed by atoms with Gasteiger partial charge < -0.3 is 4.52 Å². The average Bonchev–Trinajstić information content (AvgIpc) is 2.21. The number of anilines is 1. The summed E-state index contributed by atoms with van der Waals surface area (Å²) in [5, 5.41) is 2.83. The smallest absolute Gasteiger partial charge is 0.295 e. The molecule has 11 heavy (non-hydrogen) atoms. The first kappa shape index (κ1) is 7.35. The van der Waals surface area contributed by atoms with Crippen molar-refractivity contribution in [1.29, 1.82) is 0 Å². The second-order valence-electron chi connectivity index (χ2n) is 2.03. The maximum absolute atomic E-state index is 5.79. The quantitative estimate of drug-likeness (QED) is 0.661. The monoisotopic (exact) mass is 206 g/mol. The molecule has 6 heteroatoms. The van der Waals surface area contributed by atoms with E-state index in [1.165, 1.54) is 0 Å². The normalized spacial score (nSPS) is 27.0. The van der Waals surface area contributed by atoms with Crippen molar-refractivity contribution in [2.45, 2.75) is 0 Å². The fourth-order valence-corrected chi connectivity index (χ4v) is 2.65. The summed E-state index contributed by atoms with van der Waals surface area (Å²) in [5.74, 6) is -1.04. The molecule has 0 aromatic carbocycles. The van der Waals surface area contributed by atoms with Crippen LogP contribution in [-0.4, -0.2) is 4.98 Å². The number of hydrogen-bond donors (Lipinski definition) is 1. The highest BCUT2D eigenvalue weighted by Gasteiger charge is 2.26. The Labute approximate surface area is 73.7 Å². The third kappa shape index (κ3) is 1.34. The first-order valence-electron chi connectivity index (χ1n) is 2.90. The SMILES string of the molecule is S=P1(Cl)Nc2ncccc2O1. The molecule has 1 aliphatic rings. The molecule has 0 saturated heterocycles. The second-order valence-corrected chi connectivity index (χ2v) is 6.97. The van der Waals surface area contributed by atoms with Crippen LogP contribution in [0.15, 0.2) is 18.3 Å². The summed E-state index contributed by atoms with van der Waals surface area (Å²) < 4.78 is 5.21. The molecule has 0 radical (unpaired) electrons. The van der Waals surface area contributed by atoms with Gasteiger partial charge in [-0.3, -0.25) is 5.09 Å². The first-order valence-corrected chi connectivity index (χ1v) is 6.52. The number of pyridine rings is 1. The maximum atomic E-state index is 5.79. The van der Waals surface area contributed by atoms with Crippen molar-refractivity contribution < 1.29 is 4.52 Å². The zero-order chi connectivity index (χ0) is 7.90. The van der Waals surface area contributed by atoms with Crippen molar-refractivity contribution >= 4 is 34.6 Å². The predicted octanol–water partition coefficient (Wildman–Crippen LogP) is 2.35. The van der Waals surface area contributed by atoms with Gasteiger partial charge in [0.2, 0.25) is 0 Å². The Kier molecular flexibility index (Phi) is 1.56. The van der Waals surface area contributed by atoms with Crippen LogP contribution in [0.2, 0.25) is 0 Å². The van der Waals surface area contributed by atoms with E-state index >= 15 is 0 Å². The highest BCUT2D eigenvalue weighted by molar-refractivity contribution is 8.25. The minimum Gasteiger partial charge on any atom is -0.433 e. The maximum Gasteiger partial charge on any atom is 0.295 e. The third-order valence-electron chi connectivity index (χ3n) is 1.23. The molecule has 1 aliphatic heterocycles. The Balaban J connectivity index is 2.49. The molecule has 0 aliphatic carbocycles. The molecule has 0 amide bonds. The van der Waals surface area contributed by atoms with Gasteiger partial charge in [0.1, 0.15) is 0 Å². The van der Waals surface area contributed by atoms with Crippen molar-refractivity contribution in [2.75, 3.05) is 5.09 Å². The molecule has 58 valence electrons. The molecule has 3 nitrogen and oxygen atoms in total. The van der Waals surface area contributed by atoms with Gasteiger partial charge in [-0.2, -0.15) is 0 Å². The minimum absolute atomic E-state index is 0.644. The largest absolute Gasteiger partial charge is 0.433 e. The number of halogens is 1. The summed E-state index contributed by atoms with van der Waals surface area (Å²) in [6.45, 7) is 0. The van der Waals surface area contributed by atoms with E-state index < -0.39 is 5.77 Å². The molecule has 0 bridgehead atoms. The van der Waals surface area contributed by atoms with Gasteiger partial charge in [-0.05, 0) is 35.2 Å². The number of aromatic nitrogens is 1. The van der Waals surface area contributed by atoms with E-state index in [2.05, 4.69) is 10.1 Å². The van der Waals surface area contributed by atoms with Crippen molar-refractivity contribution in [3.05, 3.63) is 18.3 Å². The van der Waals surface area contributed by atoms with E-state index in [9.17, 15) is 0 Å². The van der Waals surface area contributed by atoms with Crippen molar-refractivity contribution in [3.8, 4) is 5.75 Å². The lowest BCUT2D eigenvalue weighted by molar-refractivity contribution is 0.643. The van der Waals surface area contributed by atoms with Crippen LogP contribution in [0.5, 0.6) is 5.75 Å². The Bertz CT molecular complexity index is 316. The molecule has 1 aromatic heterocycles. The van der Waals surface area contributed by atoms with Gasteiger partial charge in [-0.15, -0.1) is 0 Å². The van der Waals surface area contributed by atoms with Crippen LogP contribution < -0.4 is 9.61 Å². The lowest BCUT2D eigenvalue weighted by Gasteiger charge is -2.02. The Morgan fingerprint density at radius 3 is 3.27 bits per heavy atom. The van der Waals surface area contributed by atoms with Crippen LogP contribution >= 0.6 is 17.0 Å². The van der Waals surface area contributed by atoms with Crippen molar-refractivity contribution in [1.82, 2.24) is 4.98 Å². The van der Waals surface area contributed by atoms with Crippen LogP contribution in [0.1, 0.15) is 0 Å². The van der Waals surface area contributed by atoms with Crippen LogP contribution in [0.4, 0.5) is 5.82 Å². The number of nitrogens with zero attached hydrogens (tertiary/aromatic N) is 1. The molecule has 2 rings (SSSR count). The minimum atomic E-state index is -2.33. The summed E-state index contributed by atoms with van der Waals surface area (Å²) in [4.78, 5) is 4.00. The van der Waals surface area contributed by atoms with Gasteiger partial charge in [-0.1, -0.05) is 0 Å². The van der Waals surface area contributed by atoms with Crippen molar-refractivity contribution in [2.24, 2.45) is 0 Å². The summed E-state index contributed by atoms with van der Waals surface area (Å²) in [6, 6.07) is 3.56. The zero-order valence-corrected chi connectivity index (χ0v) is 7.79. The van der Waals surface area contributed by atoms with Gasteiger partial charge in [0.15, 0.2) is 11.6 Å². The van der Waals surface area contributed by atoms with Crippen molar-refractivity contribution in [3.63, 3.8) is 0 Å². The van der Waals surface area contributed by atoms with E-state index in [1.54, 1.807) is 18.3 Å². The lowest BCUT2D eigenvalue weighted by atomic mass is 10.4. The average molecular weight is 207 g/mol. The molecule has 0 spiro atoms. The third-order valence-corrected chi connectivity index (χ3v) is 3.09. The molecule has 1 unspecified atom stereocenters. The van der Waals surface area contributed by atoms with Gasteiger partial charge in [0.25, 0.3) is 5.77 Å². The van der Waals surface area contributed by atoms with Crippen LogP contribution in [0.25, 0.3) is 0 Å². The molecular weight excluding hydrogens is 203 g/mol. The molecule has 1 N–H and O–H groups in total. The fourth-order valence-electron chi connectivity index (χ4n) is 0.824. The predicted molar refractivity (Wildman–Crippen MR) is 48.6 cm³/mol. The lowest BCUT2D eigenvalue weighted by Crippen LogP contribution is -1.85. The Morgan fingerprint density at radius 1 is 1.73 bits per heavy atom. The van der Waals surface area contributed by atoms with E-state index in [1.807, 2.05) is 0 Å². The molecular formula is C5H4ClN2OPS. The highest BCUT2D eigenvalue weighted by Crippen LogP contribution is 2.59. The van der Waals surface area contributed by atoms with E-state index in [0.717, 1.165) is 0 Å². The van der Waals surface area contributed by atoms with E-state index in [4.69, 9.17) is 27.6 Å². The van der Waals surface area contributed by atoms with Crippen LogP contribution in [0.3, 0.4) is 0 Å². The fraction of sp³-hybridized carbons (Fsp3) is 0. The summed E-state index contributed by atoms with van der Waals surface area (Å²) in [5.41, 5.74) is 0. The molecule has 1 atom stereocenters. The number of hydrogen-bond acceptors (Lipinski definition) is 3. The zero-order valence-electron chi connectivity index (χ0n) is 5.32. The topological polar surface area (TPSA) is 34.2 Å². The molecule has 0 saturated carbocycles.